The molecule has 0 N–H and O–H groups in total. The van der Waals surface area contributed by atoms with E-state index in [0.717, 1.165) is 0 Å². The first-order chi connectivity index (χ1) is 6.77. The quantitative estimate of drug-likeness (QED) is 0.596. The third kappa shape index (κ3) is 0.934. The van der Waals surface area contributed by atoms with Crippen molar-refractivity contribution in [2.75, 3.05) is 0 Å². The number of rotatable bonds is 0. The monoisotopic (exact) mass is 200 g/mol. The highest BCUT2D eigenvalue weighted by Gasteiger charge is 2.20. The van der Waals surface area contributed by atoms with Gasteiger partial charge in [0.05, 0.1) is 0 Å². The van der Waals surface area contributed by atoms with Crippen LogP contribution in [0, 0.1) is 0 Å². The van der Waals surface area contributed by atoms with Gasteiger partial charge in [-0.1, -0.05) is 23.8 Å². The Bertz CT molecular complexity index is 543. The van der Waals surface area contributed by atoms with E-state index in [0.29, 0.717) is 0 Å². The van der Waals surface area contributed by atoms with Crippen LogP contribution in [0.1, 0.15) is 24.3 Å². The van der Waals surface area contributed by atoms with Crippen LogP contribution in [0.15, 0.2) is 29.8 Å². The lowest BCUT2D eigenvalue weighted by Gasteiger charge is -1.97. The van der Waals surface area contributed by atoms with Gasteiger partial charge >= 0.3 is 0 Å². The van der Waals surface area contributed by atoms with E-state index in [1.165, 1.54) is 33.2 Å². The summed E-state index contributed by atoms with van der Waals surface area (Å²) in [4.78, 5) is 1.56. The van der Waals surface area contributed by atoms with Gasteiger partial charge in [-0.05, 0) is 31.1 Å². The molecule has 1 aliphatic carbocycles. The van der Waals surface area contributed by atoms with Crippen molar-refractivity contribution >= 4 is 27.0 Å². The van der Waals surface area contributed by atoms with Crippen LogP contribution in [0.4, 0.5) is 0 Å². The van der Waals surface area contributed by atoms with Crippen molar-refractivity contribution in [1.29, 1.82) is 0 Å². The highest BCUT2D eigenvalue weighted by atomic mass is 32.1. The van der Waals surface area contributed by atoms with Crippen molar-refractivity contribution in [3.05, 3.63) is 40.3 Å². The fourth-order valence-corrected chi connectivity index (χ4v) is 3.56. The molecular weight excluding hydrogens is 188 g/mol. The fraction of sp³-hybridized carbons (Fsp3) is 0.231. The van der Waals surface area contributed by atoms with Crippen molar-refractivity contribution in [2.24, 2.45) is 0 Å². The van der Waals surface area contributed by atoms with Gasteiger partial charge in [0, 0.05) is 21.4 Å². The number of fused-ring (bicyclic) bond motifs is 3. The molecule has 70 valence electrons. The average Bonchev–Trinajstić information content (AvgIpc) is 2.65. The average molecular weight is 200 g/mol. The summed E-state index contributed by atoms with van der Waals surface area (Å²) in [6.45, 7) is 4.50. The standard InChI is InChI=1S/C13H12S/c1-8-7-12-13(9(8)2)10-5-3-4-6-11(10)14-12/h3-6H,7H2,1-2H3. The van der Waals surface area contributed by atoms with Gasteiger partial charge in [-0.25, -0.2) is 0 Å². The van der Waals surface area contributed by atoms with Crippen molar-refractivity contribution in [3.8, 4) is 0 Å². The smallest absolute Gasteiger partial charge is 0.0352 e. The van der Waals surface area contributed by atoms with E-state index in [-0.39, 0.29) is 0 Å². The highest BCUT2D eigenvalue weighted by molar-refractivity contribution is 7.19. The Balaban J connectivity index is 2.43. The topological polar surface area (TPSA) is 0 Å². The van der Waals surface area contributed by atoms with Gasteiger partial charge in [-0.3, -0.25) is 0 Å². The van der Waals surface area contributed by atoms with E-state index in [4.69, 9.17) is 0 Å². The Morgan fingerprint density at radius 1 is 1.14 bits per heavy atom. The number of hydrogen-bond donors (Lipinski definition) is 0. The molecule has 1 heteroatoms. The van der Waals surface area contributed by atoms with Crippen LogP contribution in [0.2, 0.25) is 0 Å². The lowest BCUT2D eigenvalue weighted by molar-refractivity contribution is 1.23. The molecule has 0 amide bonds. The Labute approximate surface area is 87.9 Å². The third-order valence-electron chi connectivity index (χ3n) is 3.11. The lowest BCUT2D eigenvalue weighted by Crippen LogP contribution is -1.74. The molecule has 0 saturated heterocycles. The molecule has 2 aromatic rings. The van der Waals surface area contributed by atoms with Gasteiger partial charge in [0.1, 0.15) is 0 Å². The Hall–Kier alpha value is -1.08. The Kier molecular flexibility index (Phi) is 1.59. The molecule has 0 radical (unpaired) electrons. The van der Waals surface area contributed by atoms with Gasteiger partial charge in [-0.2, -0.15) is 0 Å². The number of thiophene rings is 1. The minimum absolute atomic E-state index is 1.17. The zero-order valence-electron chi connectivity index (χ0n) is 8.42. The zero-order valence-corrected chi connectivity index (χ0v) is 9.24. The van der Waals surface area contributed by atoms with Crippen molar-refractivity contribution in [2.45, 2.75) is 20.3 Å². The summed E-state index contributed by atoms with van der Waals surface area (Å²) in [5.74, 6) is 0. The molecule has 3 rings (SSSR count). The Morgan fingerprint density at radius 2 is 1.93 bits per heavy atom. The molecule has 0 fully saturated rings. The summed E-state index contributed by atoms with van der Waals surface area (Å²) < 4.78 is 1.43. The fourth-order valence-electron chi connectivity index (χ4n) is 2.22. The van der Waals surface area contributed by atoms with E-state index < -0.39 is 0 Å². The molecule has 0 bridgehead atoms. The van der Waals surface area contributed by atoms with Gasteiger partial charge in [0.25, 0.3) is 0 Å². The molecule has 0 saturated carbocycles. The summed E-state index contributed by atoms with van der Waals surface area (Å²) in [5.41, 5.74) is 4.55. The second-order valence-corrected chi connectivity index (χ2v) is 5.12. The van der Waals surface area contributed by atoms with Crippen molar-refractivity contribution in [1.82, 2.24) is 0 Å². The minimum Gasteiger partial charge on any atom is -0.139 e. The zero-order chi connectivity index (χ0) is 9.71. The number of benzene rings is 1. The molecule has 0 aliphatic heterocycles. The molecule has 1 aliphatic rings. The minimum atomic E-state index is 1.17. The number of hydrogen-bond acceptors (Lipinski definition) is 1. The first-order valence-corrected chi connectivity index (χ1v) is 5.76. The van der Waals surface area contributed by atoms with E-state index >= 15 is 0 Å². The van der Waals surface area contributed by atoms with Crippen LogP contribution < -0.4 is 0 Å². The molecule has 0 nitrogen and oxygen atoms in total. The molecule has 0 spiro atoms. The van der Waals surface area contributed by atoms with Crippen LogP contribution in [-0.2, 0) is 6.42 Å². The van der Waals surface area contributed by atoms with Gasteiger partial charge < -0.3 is 0 Å². The van der Waals surface area contributed by atoms with Gasteiger partial charge in [-0.15, -0.1) is 11.3 Å². The van der Waals surface area contributed by atoms with E-state index in [9.17, 15) is 0 Å². The largest absolute Gasteiger partial charge is 0.139 e. The van der Waals surface area contributed by atoms with Crippen molar-refractivity contribution in [3.63, 3.8) is 0 Å². The summed E-state index contributed by atoms with van der Waals surface area (Å²) in [7, 11) is 0. The Morgan fingerprint density at radius 3 is 2.79 bits per heavy atom. The molecule has 14 heavy (non-hydrogen) atoms. The van der Waals surface area contributed by atoms with Crippen LogP contribution in [0.5, 0.6) is 0 Å². The van der Waals surface area contributed by atoms with Gasteiger partial charge in [0.15, 0.2) is 0 Å². The highest BCUT2D eigenvalue weighted by Crippen LogP contribution is 2.42. The second-order valence-electron chi connectivity index (χ2n) is 3.98. The first-order valence-electron chi connectivity index (χ1n) is 4.94. The first kappa shape index (κ1) is 8.25. The molecular formula is C13H12S. The van der Waals surface area contributed by atoms with E-state index in [2.05, 4.69) is 38.1 Å². The molecule has 1 heterocycles. The molecule has 1 aromatic heterocycles. The number of allylic oxidation sites excluding steroid dienone is 2. The maximum Gasteiger partial charge on any atom is 0.0352 e. The normalized spacial score (nSPS) is 15.3. The van der Waals surface area contributed by atoms with Gasteiger partial charge in [0.2, 0.25) is 0 Å². The van der Waals surface area contributed by atoms with Crippen LogP contribution >= 0.6 is 11.3 Å². The van der Waals surface area contributed by atoms with Crippen LogP contribution in [0.3, 0.4) is 0 Å². The second kappa shape index (κ2) is 2.71. The predicted molar refractivity (Wildman–Crippen MR) is 63.8 cm³/mol. The van der Waals surface area contributed by atoms with Crippen LogP contribution in [-0.4, -0.2) is 0 Å². The lowest BCUT2D eigenvalue weighted by atomic mass is 10.1. The van der Waals surface area contributed by atoms with E-state index in [1.807, 2.05) is 11.3 Å². The molecule has 1 aromatic carbocycles. The maximum absolute atomic E-state index is 2.25. The SMILES string of the molecule is CC1=C(C)c2c(sc3ccccc23)C1. The summed E-state index contributed by atoms with van der Waals surface area (Å²) in [6.07, 6.45) is 1.17. The molecule has 0 unspecified atom stereocenters. The molecule has 0 atom stereocenters. The maximum atomic E-state index is 2.25. The predicted octanol–water partition coefficient (Wildman–Crippen LogP) is 4.25. The van der Waals surface area contributed by atoms with Crippen molar-refractivity contribution < 1.29 is 0 Å². The third-order valence-corrected chi connectivity index (χ3v) is 4.28. The summed E-state index contributed by atoms with van der Waals surface area (Å²) in [6, 6.07) is 8.73. The summed E-state index contributed by atoms with van der Waals surface area (Å²) >= 11 is 1.95. The van der Waals surface area contributed by atoms with E-state index in [1.54, 1.807) is 4.88 Å². The van der Waals surface area contributed by atoms with Crippen LogP contribution in [0.25, 0.3) is 15.7 Å². The summed E-state index contributed by atoms with van der Waals surface area (Å²) in [5, 5.41) is 1.45.